The maximum atomic E-state index is 13.9. The van der Waals surface area contributed by atoms with Crippen molar-refractivity contribution in [2.24, 2.45) is 0 Å². The fourth-order valence-corrected chi connectivity index (χ4v) is 4.43. The Kier molecular flexibility index (Phi) is 11.7. The van der Waals surface area contributed by atoms with Crippen LogP contribution in [0.1, 0.15) is 61.4 Å². The van der Waals surface area contributed by atoms with Gasteiger partial charge in [0.15, 0.2) is 17.3 Å². The summed E-state index contributed by atoms with van der Waals surface area (Å²) in [5.41, 5.74) is 0.790. The molecule has 208 valence electrons. The van der Waals surface area contributed by atoms with Gasteiger partial charge in [0, 0.05) is 18.2 Å². The minimum atomic E-state index is -0.248. The highest BCUT2D eigenvalue weighted by molar-refractivity contribution is 6.18. The van der Waals surface area contributed by atoms with E-state index in [1.807, 2.05) is 30.3 Å². The number of unbranched alkanes of at least 4 members (excludes halogenated alkanes) is 5. The molecular formula is C32H39NO6. The zero-order chi connectivity index (χ0) is 28.0. The number of ketones is 1. The molecule has 3 rings (SSSR count). The number of amides is 1. The Labute approximate surface area is 231 Å². The molecule has 0 aromatic heterocycles. The SMILES string of the molecule is CCCCCCCCNC(=O)/C=C/COc1ccc2ccccc2c1C(=O)c1cc(OC)c(OC)c(OC)c1. The molecule has 3 aromatic carbocycles. The van der Waals surface area contributed by atoms with Crippen molar-refractivity contribution in [1.82, 2.24) is 5.32 Å². The fraction of sp³-hybridized carbons (Fsp3) is 0.375. The second-order valence-corrected chi connectivity index (χ2v) is 9.18. The molecule has 0 saturated heterocycles. The van der Waals surface area contributed by atoms with Crippen LogP contribution < -0.4 is 24.3 Å². The Morgan fingerprint density at radius 1 is 0.821 bits per heavy atom. The van der Waals surface area contributed by atoms with Crippen LogP contribution in [0.15, 0.2) is 60.7 Å². The average molecular weight is 534 g/mol. The maximum Gasteiger partial charge on any atom is 0.243 e. The Bertz CT molecular complexity index is 1260. The van der Waals surface area contributed by atoms with Crippen molar-refractivity contribution in [3.05, 3.63) is 71.8 Å². The highest BCUT2D eigenvalue weighted by Crippen LogP contribution is 2.40. The zero-order valence-corrected chi connectivity index (χ0v) is 23.4. The maximum absolute atomic E-state index is 13.9. The van der Waals surface area contributed by atoms with E-state index in [4.69, 9.17) is 18.9 Å². The lowest BCUT2D eigenvalue weighted by Gasteiger charge is -2.16. The molecule has 3 aromatic rings. The largest absolute Gasteiger partial charge is 0.493 e. The lowest BCUT2D eigenvalue weighted by Crippen LogP contribution is -2.22. The number of nitrogens with one attached hydrogen (secondary N) is 1. The molecule has 0 saturated carbocycles. The van der Waals surface area contributed by atoms with Crippen molar-refractivity contribution in [2.45, 2.75) is 45.4 Å². The van der Waals surface area contributed by atoms with E-state index in [0.29, 0.717) is 40.7 Å². The molecule has 1 N–H and O–H groups in total. The number of methoxy groups -OCH3 is 3. The first kappa shape index (κ1) is 29.6. The molecule has 7 heteroatoms. The van der Waals surface area contributed by atoms with Crippen LogP contribution in [0.3, 0.4) is 0 Å². The normalized spacial score (nSPS) is 11.0. The molecule has 1 amide bonds. The van der Waals surface area contributed by atoms with Crippen molar-refractivity contribution in [1.29, 1.82) is 0 Å². The summed E-state index contributed by atoms with van der Waals surface area (Å²) in [6, 6.07) is 14.6. The topological polar surface area (TPSA) is 83.1 Å². The number of ether oxygens (including phenoxy) is 4. The molecule has 0 heterocycles. The van der Waals surface area contributed by atoms with E-state index in [2.05, 4.69) is 12.2 Å². The van der Waals surface area contributed by atoms with Gasteiger partial charge in [-0.25, -0.2) is 0 Å². The summed E-state index contributed by atoms with van der Waals surface area (Å²) in [6.07, 6.45) is 10.2. The number of benzene rings is 3. The third-order valence-corrected chi connectivity index (χ3v) is 6.48. The van der Waals surface area contributed by atoms with Crippen molar-refractivity contribution < 1.29 is 28.5 Å². The number of hydrogen-bond acceptors (Lipinski definition) is 6. The molecule has 0 unspecified atom stereocenters. The number of hydrogen-bond donors (Lipinski definition) is 1. The van der Waals surface area contributed by atoms with Crippen molar-refractivity contribution >= 4 is 22.5 Å². The van der Waals surface area contributed by atoms with Gasteiger partial charge in [-0.3, -0.25) is 9.59 Å². The lowest BCUT2D eigenvalue weighted by atomic mass is 9.95. The third-order valence-electron chi connectivity index (χ3n) is 6.48. The van der Waals surface area contributed by atoms with Gasteiger partial charge in [0.2, 0.25) is 11.7 Å². The van der Waals surface area contributed by atoms with Gasteiger partial charge in [0.1, 0.15) is 12.4 Å². The average Bonchev–Trinajstić information content (AvgIpc) is 2.97. The van der Waals surface area contributed by atoms with Gasteiger partial charge < -0.3 is 24.3 Å². The van der Waals surface area contributed by atoms with E-state index >= 15 is 0 Å². The first-order valence-electron chi connectivity index (χ1n) is 13.5. The number of carbonyl (C=O) groups is 2. The monoisotopic (exact) mass is 533 g/mol. The summed E-state index contributed by atoms with van der Waals surface area (Å²) in [7, 11) is 4.53. The van der Waals surface area contributed by atoms with Crippen LogP contribution in [0.4, 0.5) is 0 Å². The van der Waals surface area contributed by atoms with E-state index in [9.17, 15) is 9.59 Å². The quantitative estimate of drug-likeness (QED) is 0.128. The van der Waals surface area contributed by atoms with E-state index in [1.165, 1.54) is 53.1 Å². The number of carbonyl (C=O) groups excluding carboxylic acids is 2. The van der Waals surface area contributed by atoms with Gasteiger partial charge in [-0.05, 0) is 41.5 Å². The predicted octanol–water partition coefficient (Wildman–Crippen LogP) is 6.51. The van der Waals surface area contributed by atoms with Crippen molar-refractivity contribution in [3.63, 3.8) is 0 Å². The molecular weight excluding hydrogens is 494 g/mol. The second kappa shape index (κ2) is 15.4. The molecule has 0 fully saturated rings. The second-order valence-electron chi connectivity index (χ2n) is 9.18. The van der Waals surface area contributed by atoms with Gasteiger partial charge in [-0.15, -0.1) is 0 Å². The van der Waals surface area contributed by atoms with Crippen LogP contribution >= 0.6 is 0 Å². The van der Waals surface area contributed by atoms with Crippen LogP contribution in [0.5, 0.6) is 23.0 Å². The van der Waals surface area contributed by atoms with Crippen molar-refractivity contribution in [3.8, 4) is 23.0 Å². The number of rotatable bonds is 16. The summed E-state index contributed by atoms with van der Waals surface area (Å²) < 4.78 is 22.3. The predicted molar refractivity (Wildman–Crippen MR) is 154 cm³/mol. The van der Waals surface area contributed by atoms with Crippen LogP contribution in [-0.4, -0.2) is 46.2 Å². The van der Waals surface area contributed by atoms with Gasteiger partial charge in [0.25, 0.3) is 0 Å². The minimum absolute atomic E-state index is 0.137. The molecule has 0 aliphatic carbocycles. The minimum Gasteiger partial charge on any atom is -0.493 e. The smallest absolute Gasteiger partial charge is 0.243 e. The van der Waals surface area contributed by atoms with E-state index in [0.717, 1.165) is 23.6 Å². The van der Waals surface area contributed by atoms with E-state index < -0.39 is 0 Å². The van der Waals surface area contributed by atoms with E-state index in [-0.39, 0.29) is 18.3 Å². The highest BCUT2D eigenvalue weighted by Gasteiger charge is 2.22. The van der Waals surface area contributed by atoms with Crippen LogP contribution in [0.25, 0.3) is 10.8 Å². The summed E-state index contributed by atoms with van der Waals surface area (Å²) in [5.74, 6) is 1.20. The molecule has 0 radical (unpaired) electrons. The lowest BCUT2D eigenvalue weighted by molar-refractivity contribution is -0.116. The molecule has 39 heavy (non-hydrogen) atoms. The van der Waals surface area contributed by atoms with Gasteiger partial charge in [-0.1, -0.05) is 69.4 Å². The molecule has 0 aliphatic heterocycles. The standard InChI is InChI=1S/C32H39NO6/c1-5-6-7-8-9-12-19-33-29(34)16-13-20-39-26-18-17-23-14-10-11-15-25(23)30(26)31(35)24-21-27(36-2)32(38-4)28(22-24)37-3/h10-11,13-18,21-22H,5-9,12,19-20H2,1-4H3,(H,33,34)/b16-13+. The van der Waals surface area contributed by atoms with Crippen LogP contribution in [0.2, 0.25) is 0 Å². The van der Waals surface area contributed by atoms with Gasteiger partial charge in [-0.2, -0.15) is 0 Å². The third kappa shape index (κ3) is 7.99. The van der Waals surface area contributed by atoms with Gasteiger partial charge in [0.05, 0.1) is 26.9 Å². The molecule has 0 atom stereocenters. The van der Waals surface area contributed by atoms with Gasteiger partial charge >= 0.3 is 0 Å². The van der Waals surface area contributed by atoms with Crippen LogP contribution in [-0.2, 0) is 4.79 Å². The molecule has 7 nitrogen and oxygen atoms in total. The Balaban J connectivity index is 1.75. The summed E-state index contributed by atoms with van der Waals surface area (Å²) in [6.45, 7) is 3.00. The Hall–Kier alpha value is -4.00. The Morgan fingerprint density at radius 2 is 1.51 bits per heavy atom. The van der Waals surface area contributed by atoms with Crippen molar-refractivity contribution in [2.75, 3.05) is 34.5 Å². The fourth-order valence-electron chi connectivity index (χ4n) is 4.43. The number of fused-ring (bicyclic) bond motifs is 1. The molecule has 0 bridgehead atoms. The van der Waals surface area contributed by atoms with E-state index in [1.54, 1.807) is 24.3 Å². The summed E-state index contributed by atoms with van der Waals surface area (Å²) in [5, 5.41) is 4.58. The zero-order valence-electron chi connectivity index (χ0n) is 23.4. The first-order chi connectivity index (χ1) is 19.0. The molecule has 0 spiro atoms. The summed E-state index contributed by atoms with van der Waals surface area (Å²) >= 11 is 0. The molecule has 0 aliphatic rings. The van der Waals surface area contributed by atoms with Crippen LogP contribution in [0, 0.1) is 0 Å². The summed E-state index contributed by atoms with van der Waals surface area (Å²) in [4.78, 5) is 26.0. The first-order valence-corrected chi connectivity index (χ1v) is 13.5. The Morgan fingerprint density at radius 3 is 2.21 bits per heavy atom. The highest BCUT2D eigenvalue weighted by atomic mass is 16.5.